The van der Waals surface area contributed by atoms with Gasteiger partial charge in [0.1, 0.15) is 0 Å². The van der Waals surface area contributed by atoms with Gasteiger partial charge in [0.05, 0.1) is 12.8 Å². The molecule has 0 spiro atoms. The zero-order valence-electron chi connectivity index (χ0n) is 14.2. The first kappa shape index (κ1) is 16.7. The highest BCUT2D eigenvalue weighted by atomic mass is 32.2. The van der Waals surface area contributed by atoms with E-state index in [0.29, 0.717) is 37.3 Å². The minimum absolute atomic E-state index is 0.209. The molecule has 3 aliphatic rings. The third-order valence-corrected chi connectivity index (χ3v) is 6.32. The van der Waals surface area contributed by atoms with Gasteiger partial charge in [0.25, 0.3) is 0 Å². The maximum Gasteiger partial charge on any atom is 0.247 e. The Morgan fingerprint density at radius 3 is 2.68 bits per heavy atom. The van der Waals surface area contributed by atoms with Gasteiger partial charge in [-0.2, -0.15) is 0 Å². The van der Waals surface area contributed by atoms with Gasteiger partial charge in [-0.25, -0.2) is 12.7 Å². The molecule has 0 N–H and O–H groups in total. The Balaban J connectivity index is 1.49. The Morgan fingerprint density at radius 2 is 1.92 bits per heavy atom. The molecular formula is C17H22N4O3S. The van der Waals surface area contributed by atoms with E-state index in [4.69, 9.17) is 4.42 Å². The predicted molar refractivity (Wildman–Crippen MR) is 93.1 cm³/mol. The average molecular weight is 362 g/mol. The van der Waals surface area contributed by atoms with Crippen molar-refractivity contribution in [1.29, 1.82) is 0 Å². The summed E-state index contributed by atoms with van der Waals surface area (Å²) in [4.78, 5) is 2.29. The summed E-state index contributed by atoms with van der Waals surface area (Å²) >= 11 is 0. The van der Waals surface area contributed by atoms with Crippen molar-refractivity contribution in [2.24, 2.45) is 5.92 Å². The molecule has 0 aliphatic carbocycles. The molecule has 1 aromatic heterocycles. The number of piperidine rings is 1. The van der Waals surface area contributed by atoms with Gasteiger partial charge in [0.2, 0.25) is 21.8 Å². The summed E-state index contributed by atoms with van der Waals surface area (Å²) in [6.45, 7) is 2.61. The number of fused-ring (bicyclic) bond motifs is 4. The molecule has 3 saturated heterocycles. The summed E-state index contributed by atoms with van der Waals surface area (Å²) in [5.74, 6) is 1.47. The monoisotopic (exact) mass is 362 g/mol. The minimum atomic E-state index is -3.15. The number of hydrogen-bond acceptors (Lipinski definition) is 6. The lowest BCUT2D eigenvalue weighted by Crippen LogP contribution is -2.43. The quantitative estimate of drug-likeness (QED) is 0.822. The van der Waals surface area contributed by atoms with E-state index in [-0.39, 0.29) is 6.04 Å². The molecule has 3 aliphatic heterocycles. The fourth-order valence-corrected chi connectivity index (χ4v) is 4.71. The van der Waals surface area contributed by atoms with Crippen LogP contribution < -0.4 is 0 Å². The molecule has 25 heavy (non-hydrogen) atoms. The normalized spacial score (nSPS) is 25.2. The summed E-state index contributed by atoms with van der Waals surface area (Å²) in [6, 6.07) is 9.91. The van der Waals surface area contributed by atoms with E-state index >= 15 is 0 Å². The third-order valence-electron chi connectivity index (χ3n) is 5.09. The van der Waals surface area contributed by atoms with Gasteiger partial charge in [-0.1, -0.05) is 18.2 Å². The van der Waals surface area contributed by atoms with Gasteiger partial charge in [0.15, 0.2) is 0 Å². The van der Waals surface area contributed by atoms with Gasteiger partial charge in [-0.15, -0.1) is 10.2 Å². The standard InChI is InChI=1S/C17H22N4O3S/c1-25(22,23)21-10-13-7-8-15(11-21)20(9-13)12-16-18-19-17(24-16)14-5-3-2-4-6-14/h2-6,13,15H,7-12H2,1H3/t13-,15-/m1/s1. The van der Waals surface area contributed by atoms with Crippen LogP contribution in [0.15, 0.2) is 34.7 Å². The first-order valence-corrected chi connectivity index (χ1v) is 10.4. The van der Waals surface area contributed by atoms with E-state index in [1.807, 2.05) is 30.3 Å². The topological polar surface area (TPSA) is 79.5 Å². The molecule has 7 nitrogen and oxygen atoms in total. The smallest absolute Gasteiger partial charge is 0.247 e. The molecular weight excluding hydrogens is 340 g/mol. The van der Waals surface area contributed by atoms with Crippen LogP contribution in [0.3, 0.4) is 0 Å². The van der Waals surface area contributed by atoms with Gasteiger partial charge in [0, 0.05) is 31.2 Å². The number of nitrogens with zero attached hydrogens (tertiary/aromatic N) is 4. The summed E-state index contributed by atoms with van der Waals surface area (Å²) in [5, 5.41) is 8.32. The summed E-state index contributed by atoms with van der Waals surface area (Å²) < 4.78 is 31.3. The first-order chi connectivity index (χ1) is 12.0. The lowest BCUT2D eigenvalue weighted by molar-refractivity contribution is 0.114. The van der Waals surface area contributed by atoms with E-state index in [9.17, 15) is 8.42 Å². The molecule has 0 radical (unpaired) electrons. The van der Waals surface area contributed by atoms with Crippen molar-refractivity contribution >= 4 is 10.0 Å². The third kappa shape index (κ3) is 3.61. The van der Waals surface area contributed by atoms with Crippen LogP contribution in [0, 0.1) is 5.92 Å². The number of hydrogen-bond donors (Lipinski definition) is 0. The van der Waals surface area contributed by atoms with Crippen LogP contribution in [0.25, 0.3) is 11.5 Å². The van der Waals surface area contributed by atoms with Crippen molar-refractivity contribution in [3.63, 3.8) is 0 Å². The Kier molecular flexibility index (Phi) is 4.35. The van der Waals surface area contributed by atoms with Crippen LogP contribution in [0.4, 0.5) is 0 Å². The van der Waals surface area contributed by atoms with Crippen molar-refractivity contribution in [3.8, 4) is 11.5 Å². The molecule has 134 valence electrons. The molecule has 3 fully saturated rings. The fraction of sp³-hybridized carbons (Fsp3) is 0.529. The lowest BCUT2D eigenvalue weighted by Gasteiger charge is -2.34. The second-order valence-corrected chi connectivity index (χ2v) is 8.96. The number of sulfonamides is 1. The number of benzene rings is 1. The largest absolute Gasteiger partial charge is 0.419 e. The average Bonchev–Trinajstić information content (AvgIpc) is 2.84. The SMILES string of the molecule is CS(=O)(=O)N1C[C@@H]2CC[C@H](C1)N(Cc1nnc(-c3ccccc3)o1)C2. The summed E-state index contributed by atoms with van der Waals surface area (Å²) in [5.41, 5.74) is 0.905. The highest BCUT2D eigenvalue weighted by Gasteiger charge is 2.38. The van der Waals surface area contributed by atoms with Crippen molar-refractivity contribution in [3.05, 3.63) is 36.2 Å². The lowest BCUT2D eigenvalue weighted by atomic mass is 9.95. The van der Waals surface area contributed by atoms with Gasteiger partial charge < -0.3 is 4.42 Å². The Bertz CT molecular complexity index is 837. The van der Waals surface area contributed by atoms with Crippen LogP contribution in [-0.2, 0) is 16.6 Å². The molecule has 2 aromatic rings. The van der Waals surface area contributed by atoms with E-state index < -0.39 is 10.0 Å². The number of rotatable bonds is 4. The van der Waals surface area contributed by atoms with Crippen molar-refractivity contribution < 1.29 is 12.8 Å². The van der Waals surface area contributed by atoms with Crippen LogP contribution in [0.5, 0.6) is 0 Å². The Hall–Kier alpha value is -1.77. The van der Waals surface area contributed by atoms with Crippen LogP contribution in [-0.4, -0.2) is 59.8 Å². The molecule has 0 amide bonds. The molecule has 2 bridgehead atoms. The first-order valence-electron chi connectivity index (χ1n) is 8.56. The van der Waals surface area contributed by atoms with Crippen molar-refractivity contribution in [2.75, 3.05) is 25.9 Å². The molecule has 4 heterocycles. The zero-order chi connectivity index (χ0) is 17.4. The Labute approximate surface area is 147 Å². The highest BCUT2D eigenvalue weighted by molar-refractivity contribution is 7.88. The van der Waals surface area contributed by atoms with Gasteiger partial charge >= 0.3 is 0 Å². The molecule has 0 saturated carbocycles. The van der Waals surface area contributed by atoms with Crippen molar-refractivity contribution in [2.45, 2.75) is 25.4 Å². The fourth-order valence-electron chi connectivity index (χ4n) is 3.79. The predicted octanol–water partition coefficient (Wildman–Crippen LogP) is 1.59. The molecule has 1 aromatic carbocycles. The van der Waals surface area contributed by atoms with Crippen LogP contribution >= 0.6 is 0 Å². The minimum Gasteiger partial charge on any atom is -0.419 e. The molecule has 2 atom stereocenters. The second-order valence-electron chi connectivity index (χ2n) is 6.97. The van der Waals surface area contributed by atoms with Crippen LogP contribution in [0.2, 0.25) is 0 Å². The van der Waals surface area contributed by atoms with E-state index in [1.165, 1.54) is 6.26 Å². The molecule has 8 heteroatoms. The molecule has 0 unspecified atom stereocenters. The van der Waals surface area contributed by atoms with Crippen LogP contribution in [0.1, 0.15) is 18.7 Å². The van der Waals surface area contributed by atoms with E-state index in [1.54, 1.807) is 4.31 Å². The summed E-state index contributed by atoms with van der Waals surface area (Å²) in [6.07, 6.45) is 3.38. The van der Waals surface area contributed by atoms with E-state index in [2.05, 4.69) is 15.1 Å². The Morgan fingerprint density at radius 1 is 1.12 bits per heavy atom. The number of aromatic nitrogens is 2. The maximum absolute atomic E-state index is 11.9. The van der Waals surface area contributed by atoms with Gasteiger partial charge in [-0.05, 0) is 30.9 Å². The van der Waals surface area contributed by atoms with E-state index in [0.717, 1.165) is 24.9 Å². The second kappa shape index (κ2) is 6.51. The van der Waals surface area contributed by atoms with Gasteiger partial charge in [-0.3, -0.25) is 4.90 Å². The molecule has 5 rings (SSSR count). The van der Waals surface area contributed by atoms with Crippen molar-refractivity contribution in [1.82, 2.24) is 19.4 Å². The summed E-state index contributed by atoms with van der Waals surface area (Å²) in [7, 11) is -3.15. The maximum atomic E-state index is 11.9. The zero-order valence-corrected chi connectivity index (χ0v) is 15.0. The highest BCUT2D eigenvalue weighted by Crippen LogP contribution is 2.30.